The van der Waals surface area contributed by atoms with Gasteiger partial charge in [-0.1, -0.05) is 18.2 Å². The van der Waals surface area contributed by atoms with Gasteiger partial charge in [-0.15, -0.1) is 17.9 Å². The lowest BCUT2D eigenvalue weighted by Gasteiger charge is -2.43. The van der Waals surface area contributed by atoms with Crippen LogP contribution in [0.4, 0.5) is 4.79 Å². The lowest BCUT2D eigenvalue weighted by molar-refractivity contribution is 0.0641. The number of thiophene rings is 1. The SMILES string of the molecule is C=CCNC(=O)N(C/C=C\C)C1CCN(C2CCN(Cc3ccc(C)s3)CC2)CC1. The van der Waals surface area contributed by atoms with Crippen LogP contribution in [0.5, 0.6) is 0 Å². The number of nitrogens with one attached hydrogen (secondary N) is 1. The molecule has 0 aliphatic carbocycles. The summed E-state index contributed by atoms with van der Waals surface area (Å²) in [5, 5.41) is 2.96. The smallest absolute Gasteiger partial charge is 0.318 e. The third-order valence-electron chi connectivity index (χ3n) is 6.39. The summed E-state index contributed by atoms with van der Waals surface area (Å²) in [4.78, 5) is 22.8. The molecule has 0 atom stereocenters. The lowest BCUT2D eigenvalue weighted by Crippen LogP contribution is -2.53. The fraction of sp³-hybridized carbons (Fsp3) is 0.625. The van der Waals surface area contributed by atoms with E-state index in [9.17, 15) is 4.79 Å². The van der Waals surface area contributed by atoms with E-state index < -0.39 is 0 Å². The Kier molecular flexibility index (Phi) is 8.97. The molecule has 2 amide bonds. The average molecular weight is 431 g/mol. The third-order valence-corrected chi connectivity index (χ3v) is 7.37. The number of carbonyl (C=O) groups is 1. The van der Waals surface area contributed by atoms with Crippen molar-refractivity contribution < 1.29 is 4.79 Å². The number of urea groups is 1. The number of nitrogens with zero attached hydrogens (tertiary/aromatic N) is 3. The van der Waals surface area contributed by atoms with Crippen LogP contribution < -0.4 is 5.32 Å². The van der Waals surface area contributed by atoms with Gasteiger partial charge in [0.05, 0.1) is 0 Å². The topological polar surface area (TPSA) is 38.8 Å². The number of carbonyl (C=O) groups excluding carboxylic acids is 1. The molecule has 5 nitrogen and oxygen atoms in total. The van der Waals surface area contributed by atoms with Gasteiger partial charge in [0.25, 0.3) is 0 Å². The van der Waals surface area contributed by atoms with Crippen molar-refractivity contribution >= 4 is 17.4 Å². The quantitative estimate of drug-likeness (QED) is 0.627. The molecule has 0 aromatic carbocycles. The molecule has 0 radical (unpaired) electrons. The fourth-order valence-corrected chi connectivity index (χ4v) is 5.61. The van der Waals surface area contributed by atoms with E-state index in [4.69, 9.17) is 0 Å². The van der Waals surface area contributed by atoms with E-state index in [-0.39, 0.29) is 6.03 Å². The highest BCUT2D eigenvalue weighted by Crippen LogP contribution is 2.25. The maximum absolute atomic E-state index is 12.6. The average Bonchev–Trinajstić information content (AvgIpc) is 3.18. The number of piperidine rings is 2. The van der Waals surface area contributed by atoms with Crippen molar-refractivity contribution in [3.8, 4) is 0 Å². The molecule has 2 fully saturated rings. The molecular formula is C24H38N4OS. The lowest BCUT2D eigenvalue weighted by atomic mass is 9.97. The number of amides is 2. The molecule has 1 aromatic rings. The summed E-state index contributed by atoms with van der Waals surface area (Å²) in [6, 6.07) is 5.56. The number of rotatable bonds is 8. The first-order valence-corrected chi connectivity index (χ1v) is 12.2. The number of allylic oxidation sites excluding steroid dienone is 1. The van der Waals surface area contributed by atoms with Gasteiger partial charge < -0.3 is 15.1 Å². The van der Waals surface area contributed by atoms with E-state index in [0.29, 0.717) is 25.2 Å². The molecule has 6 heteroatoms. The van der Waals surface area contributed by atoms with Gasteiger partial charge in [0.15, 0.2) is 0 Å². The summed E-state index contributed by atoms with van der Waals surface area (Å²) in [6.07, 6.45) is 10.5. The minimum absolute atomic E-state index is 0.0311. The summed E-state index contributed by atoms with van der Waals surface area (Å²) in [7, 11) is 0. The van der Waals surface area contributed by atoms with Gasteiger partial charge in [-0.25, -0.2) is 4.79 Å². The van der Waals surface area contributed by atoms with Crippen LogP contribution in [0.25, 0.3) is 0 Å². The van der Waals surface area contributed by atoms with Crippen LogP contribution in [0.3, 0.4) is 0 Å². The second-order valence-corrected chi connectivity index (χ2v) is 9.86. The summed E-state index contributed by atoms with van der Waals surface area (Å²) in [6.45, 7) is 14.8. The zero-order valence-corrected chi connectivity index (χ0v) is 19.5. The molecule has 0 saturated carbocycles. The molecule has 30 heavy (non-hydrogen) atoms. The van der Waals surface area contributed by atoms with E-state index in [1.165, 1.54) is 35.7 Å². The second-order valence-electron chi connectivity index (χ2n) is 8.48. The summed E-state index contributed by atoms with van der Waals surface area (Å²) < 4.78 is 0. The summed E-state index contributed by atoms with van der Waals surface area (Å²) >= 11 is 1.93. The van der Waals surface area contributed by atoms with Crippen LogP contribution in [-0.4, -0.2) is 72.1 Å². The minimum atomic E-state index is 0.0311. The Morgan fingerprint density at radius 3 is 2.57 bits per heavy atom. The Balaban J connectivity index is 1.45. The van der Waals surface area contributed by atoms with Crippen molar-refractivity contribution in [3.63, 3.8) is 0 Å². The molecule has 1 aromatic heterocycles. The molecule has 2 saturated heterocycles. The van der Waals surface area contributed by atoms with Gasteiger partial charge >= 0.3 is 6.03 Å². The van der Waals surface area contributed by atoms with E-state index in [1.807, 2.05) is 29.2 Å². The first-order chi connectivity index (χ1) is 14.6. The molecule has 0 unspecified atom stereocenters. The maximum Gasteiger partial charge on any atom is 0.318 e. The van der Waals surface area contributed by atoms with Gasteiger partial charge in [-0.2, -0.15) is 0 Å². The summed E-state index contributed by atoms with van der Waals surface area (Å²) in [5.74, 6) is 0. The van der Waals surface area contributed by atoms with Gasteiger partial charge in [-0.3, -0.25) is 4.90 Å². The van der Waals surface area contributed by atoms with Crippen molar-refractivity contribution in [1.29, 1.82) is 0 Å². The van der Waals surface area contributed by atoms with E-state index >= 15 is 0 Å². The van der Waals surface area contributed by atoms with Crippen LogP contribution in [0.15, 0.2) is 36.9 Å². The maximum atomic E-state index is 12.6. The van der Waals surface area contributed by atoms with Crippen LogP contribution >= 0.6 is 11.3 Å². The molecule has 3 rings (SSSR count). The Hall–Kier alpha value is -1.63. The molecule has 1 N–H and O–H groups in total. The standard InChI is InChI=1S/C24H38N4OS/c1-4-6-14-28(24(29)25-13-5-2)22-11-17-27(18-12-22)21-9-15-26(16-10-21)19-23-8-7-20(3)30-23/h4-8,21-22H,2,9-19H2,1,3H3,(H,25,29)/b6-4-. The van der Waals surface area contributed by atoms with Gasteiger partial charge in [0.2, 0.25) is 0 Å². The Morgan fingerprint density at radius 2 is 1.97 bits per heavy atom. The first kappa shape index (κ1) is 23.0. The molecule has 2 aliphatic rings. The Morgan fingerprint density at radius 1 is 1.23 bits per heavy atom. The molecule has 0 spiro atoms. The predicted octanol–water partition coefficient (Wildman–Crippen LogP) is 4.26. The van der Waals surface area contributed by atoms with Crippen LogP contribution in [-0.2, 0) is 6.54 Å². The van der Waals surface area contributed by atoms with Crippen molar-refractivity contribution in [2.45, 2.75) is 58.2 Å². The minimum Gasteiger partial charge on any atom is -0.335 e. The fourth-order valence-electron chi connectivity index (χ4n) is 4.67. The Bertz CT molecular complexity index is 700. The molecular weight excluding hydrogens is 392 g/mol. The van der Waals surface area contributed by atoms with Crippen LogP contribution in [0.1, 0.15) is 42.4 Å². The Labute approximate surface area is 186 Å². The zero-order chi connectivity index (χ0) is 21.3. The number of likely N-dealkylation sites (tertiary alicyclic amines) is 2. The summed E-state index contributed by atoms with van der Waals surface area (Å²) in [5.41, 5.74) is 0. The van der Waals surface area contributed by atoms with Gasteiger partial charge in [0.1, 0.15) is 0 Å². The molecule has 2 aliphatic heterocycles. The number of hydrogen-bond donors (Lipinski definition) is 1. The second kappa shape index (κ2) is 11.7. The first-order valence-electron chi connectivity index (χ1n) is 11.4. The van der Waals surface area contributed by atoms with Gasteiger partial charge in [0, 0.05) is 67.7 Å². The number of hydrogen-bond acceptors (Lipinski definition) is 4. The van der Waals surface area contributed by atoms with Crippen molar-refractivity contribution in [1.82, 2.24) is 20.0 Å². The third kappa shape index (κ3) is 6.43. The normalized spacial score (nSPS) is 19.9. The highest BCUT2D eigenvalue weighted by Gasteiger charge is 2.31. The van der Waals surface area contributed by atoms with Gasteiger partial charge in [-0.05, 0) is 51.7 Å². The molecule has 3 heterocycles. The molecule has 0 bridgehead atoms. The largest absolute Gasteiger partial charge is 0.335 e. The van der Waals surface area contributed by atoms with E-state index in [2.05, 4.69) is 46.8 Å². The van der Waals surface area contributed by atoms with Crippen LogP contribution in [0.2, 0.25) is 0 Å². The predicted molar refractivity (Wildman–Crippen MR) is 127 cm³/mol. The van der Waals surface area contributed by atoms with Crippen molar-refractivity contribution in [2.24, 2.45) is 0 Å². The highest BCUT2D eigenvalue weighted by atomic mass is 32.1. The van der Waals surface area contributed by atoms with E-state index in [0.717, 1.165) is 32.5 Å². The molecule has 166 valence electrons. The van der Waals surface area contributed by atoms with Crippen molar-refractivity contribution in [2.75, 3.05) is 39.3 Å². The number of aryl methyl sites for hydroxylation is 1. The van der Waals surface area contributed by atoms with Crippen LogP contribution in [0, 0.1) is 6.92 Å². The monoisotopic (exact) mass is 430 g/mol. The zero-order valence-electron chi connectivity index (χ0n) is 18.7. The highest BCUT2D eigenvalue weighted by molar-refractivity contribution is 7.11. The van der Waals surface area contributed by atoms with Crippen molar-refractivity contribution in [3.05, 3.63) is 46.7 Å². The van der Waals surface area contributed by atoms with E-state index in [1.54, 1.807) is 6.08 Å².